The molecule has 1 aromatic carbocycles. The number of benzene rings is 1. The topological polar surface area (TPSA) is 17.1 Å². The molecule has 0 unspecified atom stereocenters. The lowest BCUT2D eigenvalue weighted by atomic mass is 9.96. The van der Waals surface area contributed by atoms with Crippen molar-refractivity contribution in [1.82, 2.24) is 0 Å². The Morgan fingerprint density at radius 1 is 1.33 bits per heavy atom. The van der Waals surface area contributed by atoms with E-state index in [1.807, 2.05) is 32.1 Å². The number of rotatable bonds is 3. The third-order valence-corrected chi connectivity index (χ3v) is 2.24. The van der Waals surface area contributed by atoms with Crippen LogP contribution in [0.3, 0.4) is 0 Å². The fourth-order valence-corrected chi connectivity index (χ4v) is 1.22. The van der Waals surface area contributed by atoms with Crippen molar-refractivity contribution >= 4 is 29.6 Å². The van der Waals surface area contributed by atoms with Crippen molar-refractivity contribution in [2.45, 2.75) is 12.7 Å². The summed E-state index contributed by atoms with van der Waals surface area (Å²) in [6.45, 7) is 0. The van der Waals surface area contributed by atoms with E-state index in [1.165, 1.54) is 0 Å². The van der Waals surface area contributed by atoms with Gasteiger partial charge in [-0.05, 0) is 24.0 Å². The summed E-state index contributed by atoms with van der Waals surface area (Å²) in [6.07, 6.45) is 1.18. The molecule has 0 atom stereocenters. The molecule has 0 radical (unpaired) electrons. The van der Waals surface area contributed by atoms with Gasteiger partial charge in [0.05, 0.1) is 0 Å². The Morgan fingerprint density at radius 3 is 2.42 bits per heavy atom. The monoisotopic (exact) mass is 224 g/mol. The summed E-state index contributed by atoms with van der Waals surface area (Å²) in [6, 6.07) is 7.85. The highest BCUT2D eigenvalue weighted by Crippen LogP contribution is 2.11. The van der Waals surface area contributed by atoms with Crippen LogP contribution in [0.5, 0.6) is 0 Å². The van der Waals surface area contributed by atoms with Gasteiger partial charge in [-0.2, -0.15) is 0 Å². The molecule has 0 aliphatic rings. The van der Waals surface area contributed by atoms with Crippen molar-refractivity contribution in [2.24, 2.45) is 0 Å². The van der Waals surface area contributed by atoms with Crippen molar-refractivity contribution in [1.29, 1.82) is 0 Å². The van der Waals surface area contributed by atoms with Gasteiger partial charge in [0.15, 0.2) is 0 Å². The molecule has 0 heterocycles. The lowest BCUT2D eigenvalue weighted by Crippen LogP contribution is -2.00. The zero-order valence-corrected chi connectivity index (χ0v) is 8.60. The predicted octanol–water partition coefficient (Wildman–Crippen LogP) is 1.61. The molecular weight excluding hydrogens is 215 g/mol. The van der Waals surface area contributed by atoms with Gasteiger partial charge in [-0.25, -0.2) is 0 Å². The van der Waals surface area contributed by atoms with E-state index in [0.717, 1.165) is 10.0 Å². The van der Waals surface area contributed by atoms with Gasteiger partial charge in [-0.1, -0.05) is 28.1 Å². The molecule has 0 saturated heterocycles. The van der Waals surface area contributed by atoms with Crippen molar-refractivity contribution < 1.29 is 4.79 Å². The van der Waals surface area contributed by atoms with Crippen LogP contribution in [0.2, 0.25) is 6.32 Å². The first kappa shape index (κ1) is 9.52. The minimum atomic E-state index is 0.289. The Labute approximate surface area is 81.7 Å². The van der Waals surface area contributed by atoms with Gasteiger partial charge in [0.1, 0.15) is 13.6 Å². The van der Waals surface area contributed by atoms with E-state index in [9.17, 15) is 4.79 Å². The van der Waals surface area contributed by atoms with Crippen LogP contribution in [0.4, 0.5) is 0 Å². The minimum absolute atomic E-state index is 0.289. The standard InChI is InChI=1S/C9H10BBrO/c10-6-9(12)5-7-1-3-8(11)4-2-7/h1-4H,5-6,10H2. The molecule has 0 N–H and O–H groups in total. The summed E-state index contributed by atoms with van der Waals surface area (Å²) in [5, 5.41) is 0. The largest absolute Gasteiger partial charge is 0.300 e. The average Bonchev–Trinajstić information content (AvgIpc) is 2.09. The number of ketones is 1. The van der Waals surface area contributed by atoms with Crippen LogP contribution < -0.4 is 0 Å². The Balaban J connectivity index is 2.64. The molecule has 0 fully saturated rings. The van der Waals surface area contributed by atoms with Gasteiger partial charge in [-0.15, -0.1) is 0 Å². The molecule has 1 nitrogen and oxygen atoms in total. The first-order valence-corrected chi connectivity index (χ1v) is 4.78. The average molecular weight is 225 g/mol. The highest BCUT2D eigenvalue weighted by Gasteiger charge is 1.99. The first-order valence-electron chi connectivity index (χ1n) is 3.98. The van der Waals surface area contributed by atoms with Crippen molar-refractivity contribution in [2.75, 3.05) is 0 Å². The lowest BCUT2D eigenvalue weighted by Gasteiger charge is -1.98. The van der Waals surface area contributed by atoms with E-state index < -0.39 is 0 Å². The third-order valence-electron chi connectivity index (χ3n) is 1.71. The third kappa shape index (κ3) is 2.82. The Morgan fingerprint density at radius 2 is 1.92 bits per heavy atom. The van der Waals surface area contributed by atoms with Crippen molar-refractivity contribution in [3.8, 4) is 0 Å². The van der Waals surface area contributed by atoms with Gasteiger partial charge < -0.3 is 4.79 Å². The zero-order chi connectivity index (χ0) is 8.97. The summed E-state index contributed by atoms with van der Waals surface area (Å²) in [5.41, 5.74) is 1.09. The minimum Gasteiger partial charge on any atom is -0.300 e. The van der Waals surface area contributed by atoms with E-state index in [1.54, 1.807) is 0 Å². The predicted molar refractivity (Wildman–Crippen MR) is 56.2 cm³/mol. The van der Waals surface area contributed by atoms with Crippen LogP contribution in [0.15, 0.2) is 28.7 Å². The number of carbonyl (C=O) groups is 1. The molecule has 0 aromatic heterocycles. The van der Waals surface area contributed by atoms with Gasteiger partial charge in [0.25, 0.3) is 0 Å². The second kappa shape index (κ2) is 4.46. The molecule has 1 rings (SSSR count). The fraction of sp³-hybridized carbons (Fsp3) is 0.222. The molecule has 0 amide bonds. The van der Waals surface area contributed by atoms with E-state index in [-0.39, 0.29) is 5.78 Å². The van der Waals surface area contributed by atoms with Gasteiger partial charge >= 0.3 is 0 Å². The molecule has 12 heavy (non-hydrogen) atoms. The second-order valence-corrected chi connectivity index (χ2v) is 3.61. The molecular formula is C9H10BBrO. The smallest absolute Gasteiger partial charge is 0.129 e. The summed E-state index contributed by atoms with van der Waals surface area (Å²) in [7, 11) is 1.89. The van der Waals surface area contributed by atoms with Crippen LogP contribution in [0, 0.1) is 0 Å². The maximum absolute atomic E-state index is 11.1. The normalized spacial score (nSPS) is 9.75. The quantitative estimate of drug-likeness (QED) is 0.714. The molecule has 0 aliphatic heterocycles. The van der Waals surface area contributed by atoms with Gasteiger partial charge in [0, 0.05) is 10.9 Å². The van der Waals surface area contributed by atoms with Crippen LogP contribution >= 0.6 is 15.9 Å². The number of hydrogen-bond donors (Lipinski definition) is 0. The summed E-state index contributed by atoms with van der Waals surface area (Å²) >= 11 is 3.34. The Kier molecular flexibility index (Phi) is 3.54. The van der Waals surface area contributed by atoms with E-state index >= 15 is 0 Å². The zero-order valence-electron chi connectivity index (χ0n) is 7.01. The molecule has 0 bridgehead atoms. The van der Waals surface area contributed by atoms with Gasteiger partial charge in [-0.3, -0.25) is 0 Å². The lowest BCUT2D eigenvalue weighted by molar-refractivity contribution is -0.116. The molecule has 0 spiro atoms. The van der Waals surface area contributed by atoms with Gasteiger partial charge in [0.2, 0.25) is 0 Å². The fourth-order valence-electron chi connectivity index (χ4n) is 0.955. The molecule has 0 saturated carbocycles. The maximum Gasteiger partial charge on any atom is 0.129 e. The SMILES string of the molecule is BCC(=O)Cc1ccc(Br)cc1. The number of carbonyl (C=O) groups excluding carboxylic acids is 1. The first-order chi connectivity index (χ1) is 5.72. The van der Waals surface area contributed by atoms with E-state index in [0.29, 0.717) is 12.7 Å². The number of halogens is 1. The van der Waals surface area contributed by atoms with Crippen LogP contribution in [-0.2, 0) is 11.2 Å². The summed E-state index contributed by atoms with van der Waals surface area (Å²) < 4.78 is 1.05. The highest BCUT2D eigenvalue weighted by molar-refractivity contribution is 9.10. The molecule has 62 valence electrons. The van der Waals surface area contributed by atoms with E-state index in [2.05, 4.69) is 15.9 Å². The Hall–Kier alpha value is -0.565. The second-order valence-electron chi connectivity index (χ2n) is 2.70. The molecule has 1 aromatic rings. The van der Waals surface area contributed by atoms with E-state index in [4.69, 9.17) is 0 Å². The number of hydrogen-bond acceptors (Lipinski definition) is 1. The highest BCUT2D eigenvalue weighted by atomic mass is 79.9. The van der Waals surface area contributed by atoms with Crippen molar-refractivity contribution in [3.63, 3.8) is 0 Å². The summed E-state index contributed by atoms with van der Waals surface area (Å²) in [5.74, 6) is 0.289. The Bertz CT molecular complexity index is 268. The van der Waals surface area contributed by atoms with Crippen molar-refractivity contribution in [3.05, 3.63) is 34.3 Å². The van der Waals surface area contributed by atoms with Crippen LogP contribution in [0.1, 0.15) is 5.56 Å². The summed E-state index contributed by atoms with van der Waals surface area (Å²) in [4.78, 5) is 11.1. The number of Topliss-reactive ketones (excluding diaryl/α,β-unsaturated/α-hetero) is 1. The molecule has 0 aliphatic carbocycles. The van der Waals surface area contributed by atoms with Crippen LogP contribution in [-0.4, -0.2) is 13.6 Å². The maximum atomic E-state index is 11.1. The molecule has 3 heteroatoms. The van der Waals surface area contributed by atoms with Crippen LogP contribution in [0.25, 0.3) is 0 Å².